The molecule has 1 nitrogen and oxygen atoms in total. The maximum absolute atomic E-state index is 12.4. The van der Waals surface area contributed by atoms with Crippen LogP contribution in [0.2, 0.25) is 0 Å². The predicted octanol–water partition coefficient (Wildman–Crippen LogP) is 4.82. The van der Waals surface area contributed by atoms with E-state index in [0.29, 0.717) is 0 Å². The minimum Gasteiger partial charge on any atom is -0.294 e. The van der Waals surface area contributed by atoms with E-state index < -0.39 is 0 Å². The van der Waals surface area contributed by atoms with Gasteiger partial charge in [0.25, 0.3) is 0 Å². The Kier molecular flexibility index (Phi) is 4.54. The third-order valence-electron chi connectivity index (χ3n) is 3.21. The number of ketones is 1. The zero-order chi connectivity index (χ0) is 13.8. The molecule has 19 heavy (non-hydrogen) atoms. The van der Waals surface area contributed by atoms with Gasteiger partial charge in [0, 0.05) is 16.0 Å². The van der Waals surface area contributed by atoms with Gasteiger partial charge in [0.15, 0.2) is 5.78 Å². The summed E-state index contributed by atoms with van der Waals surface area (Å²) in [6.07, 6.45) is 0.778. The van der Waals surface area contributed by atoms with Crippen LogP contribution in [0.25, 0.3) is 0 Å². The van der Waals surface area contributed by atoms with E-state index in [4.69, 9.17) is 0 Å². The zero-order valence-corrected chi connectivity index (χ0v) is 12.8. The zero-order valence-electron chi connectivity index (χ0n) is 11.2. The molecule has 0 saturated carbocycles. The fourth-order valence-corrected chi connectivity index (χ4v) is 2.41. The molecule has 1 atom stereocenters. The van der Waals surface area contributed by atoms with Crippen molar-refractivity contribution in [3.63, 3.8) is 0 Å². The van der Waals surface area contributed by atoms with Crippen molar-refractivity contribution in [1.29, 1.82) is 0 Å². The topological polar surface area (TPSA) is 17.1 Å². The first-order chi connectivity index (χ1) is 9.06. The Bertz CT molecular complexity index is 572. The molecule has 0 aliphatic rings. The fourth-order valence-electron chi connectivity index (χ4n) is 2.15. The van der Waals surface area contributed by atoms with Crippen LogP contribution in [0.1, 0.15) is 28.4 Å². The average molecular weight is 317 g/mol. The second-order valence-electron chi connectivity index (χ2n) is 4.97. The van der Waals surface area contributed by atoms with E-state index in [2.05, 4.69) is 28.1 Å². The maximum Gasteiger partial charge on any atom is 0.166 e. The summed E-state index contributed by atoms with van der Waals surface area (Å²) in [7, 11) is 0. The van der Waals surface area contributed by atoms with Crippen LogP contribution < -0.4 is 0 Å². The van der Waals surface area contributed by atoms with Crippen LogP contribution in [0.3, 0.4) is 0 Å². The summed E-state index contributed by atoms with van der Waals surface area (Å²) in [5.74, 6) is 0.217. The molecule has 0 amide bonds. The van der Waals surface area contributed by atoms with Crippen LogP contribution in [-0.4, -0.2) is 5.78 Å². The summed E-state index contributed by atoms with van der Waals surface area (Å²) in [4.78, 5) is 12.4. The highest BCUT2D eigenvalue weighted by atomic mass is 79.9. The van der Waals surface area contributed by atoms with Crippen LogP contribution in [-0.2, 0) is 6.42 Å². The van der Waals surface area contributed by atoms with Crippen LogP contribution in [0.15, 0.2) is 53.0 Å². The standard InChI is InChI=1S/C17H17BrO/c1-12-4-3-5-15(10-12)17(19)13(2)11-14-6-8-16(18)9-7-14/h3-10,13H,11H2,1-2H3. The van der Waals surface area contributed by atoms with Crippen molar-refractivity contribution < 1.29 is 4.79 Å². The number of benzene rings is 2. The van der Waals surface area contributed by atoms with Crippen LogP contribution in [0.4, 0.5) is 0 Å². The lowest BCUT2D eigenvalue weighted by molar-refractivity contribution is 0.0929. The van der Waals surface area contributed by atoms with Crippen molar-refractivity contribution in [2.45, 2.75) is 20.3 Å². The molecule has 1 unspecified atom stereocenters. The molecule has 0 aliphatic heterocycles. The quantitative estimate of drug-likeness (QED) is 0.739. The maximum atomic E-state index is 12.4. The minimum atomic E-state index is 0.00276. The van der Waals surface area contributed by atoms with Crippen molar-refractivity contribution in [2.24, 2.45) is 5.92 Å². The van der Waals surface area contributed by atoms with Gasteiger partial charge in [0.05, 0.1) is 0 Å². The number of carbonyl (C=O) groups excluding carboxylic acids is 1. The van der Waals surface area contributed by atoms with Crippen molar-refractivity contribution in [1.82, 2.24) is 0 Å². The molecule has 2 aromatic rings. The first kappa shape index (κ1) is 14.0. The van der Waals surface area contributed by atoms with Crippen LogP contribution >= 0.6 is 15.9 Å². The van der Waals surface area contributed by atoms with Crippen molar-refractivity contribution in [2.75, 3.05) is 0 Å². The van der Waals surface area contributed by atoms with Crippen molar-refractivity contribution in [3.05, 3.63) is 69.7 Å². The molecule has 98 valence electrons. The van der Waals surface area contributed by atoms with Crippen LogP contribution in [0.5, 0.6) is 0 Å². The highest BCUT2D eigenvalue weighted by Crippen LogP contribution is 2.17. The molecule has 2 heteroatoms. The van der Waals surface area contributed by atoms with Crippen LogP contribution in [0, 0.1) is 12.8 Å². The number of Topliss-reactive ketones (excluding diaryl/α,β-unsaturated/α-hetero) is 1. The fraction of sp³-hybridized carbons (Fsp3) is 0.235. The average Bonchev–Trinajstić information content (AvgIpc) is 2.40. The number of halogens is 1. The molecular formula is C17H17BrO. The molecule has 0 heterocycles. The molecule has 0 fully saturated rings. The second kappa shape index (κ2) is 6.16. The predicted molar refractivity (Wildman–Crippen MR) is 82.5 cm³/mol. The summed E-state index contributed by atoms with van der Waals surface area (Å²) < 4.78 is 1.06. The summed E-state index contributed by atoms with van der Waals surface area (Å²) in [5.41, 5.74) is 3.13. The molecule has 0 N–H and O–H groups in total. The SMILES string of the molecule is Cc1cccc(C(=O)C(C)Cc2ccc(Br)cc2)c1. The minimum absolute atomic E-state index is 0.00276. The molecule has 2 aromatic carbocycles. The van der Waals surface area contributed by atoms with Gasteiger partial charge in [0.1, 0.15) is 0 Å². The van der Waals surface area contributed by atoms with E-state index in [0.717, 1.165) is 22.0 Å². The Morgan fingerprint density at radius 3 is 2.47 bits per heavy atom. The third-order valence-corrected chi connectivity index (χ3v) is 3.73. The lowest BCUT2D eigenvalue weighted by Crippen LogP contribution is -2.14. The van der Waals surface area contributed by atoms with Crippen molar-refractivity contribution in [3.8, 4) is 0 Å². The Balaban J connectivity index is 2.09. The van der Waals surface area contributed by atoms with E-state index >= 15 is 0 Å². The molecule has 0 aliphatic carbocycles. The smallest absolute Gasteiger partial charge is 0.166 e. The lowest BCUT2D eigenvalue weighted by Gasteiger charge is -2.11. The lowest BCUT2D eigenvalue weighted by atomic mass is 9.92. The van der Waals surface area contributed by atoms with Gasteiger partial charge in [-0.1, -0.05) is 58.7 Å². The Morgan fingerprint density at radius 2 is 1.84 bits per heavy atom. The number of hydrogen-bond acceptors (Lipinski definition) is 1. The summed E-state index contributed by atoms with van der Waals surface area (Å²) in [6.45, 7) is 4.00. The monoisotopic (exact) mass is 316 g/mol. The molecule has 0 saturated heterocycles. The molecule has 0 radical (unpaired) electrons. The Labute approximate surface area is 122 Å². The number of carbonyl (C=O) groups is 1. The van der Waals surface area contributed by atoms with E-state index in [1.54, 1.807) is 0 Å². The Hall–Kier alpha value is -1.41. The van der Waals surface area contributed by atoms with Gasteiger partial charge in [0.2, 0.25) is 0 Å². The van der Waals surface area contributed by atoms with Gasteiger partial charge >= 0.3 is 0 Å². The molecule has 0 spiro atoms. The number of hydrogen-bond donors (Lipinski definition) is 0. The van der Waals surface area contributed by atoms with Crippen molar-refractivity contribution >= 4 is 21.7 Å². The number of aryl methyl sites for hydroxylation is 1. The highest BCUT2D eigenvalue weighted by molar-refractivity contribution is 9.10. The largest absolute Gasteiger partial charge is 0.294 e. The first-order valence-electron chi connectivity index (χ1n) is 6.41. The summed E-state index contributed by atoms with van der Waals surface area (Å²) in [5, 5.41) is 0. The number of rotatable bonds is 4. The molecule has 0 aromatic heterocycles. The van der Waals surface area contributed by atoms with Gasteiger partial charge in [-0.3, -0.25) is 4.79 Å². The van der Waals surface area contributed by atoms with E-state index in [1.165, 1.54) is 5.56 Å². The van der Waals surface area contributed by atoms with Gasteiger partial charge < -0.3 is 0 Å². The molecular weight excluding hydrogens is 300 g/mol. The van der Waals surface area contributed by atoms with E-state index in [1.807, 2.05) is 50.2 Å². The van der Waals surface area contributed by atoms with Gasteiger partial charge in [-0.05, 0) is 37.1 Å². The van der Waals surface area contributed by atoms with E-state index in [-0.39, 0.29) is 11.7 Å². The summed E-state index contributed by atoms with van der Waals surface area (Å²) >= 11 is 3.42. The first-order valence-corrected chi connectivity index (χ1v) is 7.21. The van der Waals surface area contributed by atoms with Gasteiger partial charge in [-0.15, -0.1) is 0 Å². The Morgan fingerprint density at radius 1 is 1.16 bits per heavy atom. The summed E-state index contributed by atoms with van der Waals surface area (Å²) in [6, 6.07) is 15.9. The third kappa shape index (κ3) is 3.77. The van der Waals surface area contributed by atoms with Gasteiger partial charge in [-0.2, -0.15) is 0 Å². The molecule has 0 bridgehead atoms. The normalized spacial score (nSPS) is 12.2. The highest BCUT2D eigenvalue weighted by Gasteiger charge is 2.15. The molecule has 2 rings (SSSR count). The van der Waals surface area contributed by atoms with E-state index in [9.17, 15) is 4.79 Å². The second-order valence-corrected chi connectivity index (χ2v) is 5.88. The van der Waals surface area contributed by atoms with Gasteiger partial charge in [-0.25, -0.2) is 0 Å².